The van der Waals surface area contributed by atoms with E-state index in [1.807, 2.05) is 0 Å². The predicted molar refractivity (Wildman–Crippen MR) is 119 cm³/mol. The first kappa shape index (κ1) is 23.6. The van der Waals surface area contributed by atoms with Crippen molar-refractivity contribution >= 4 is 33.4 Å². The van der Waals surface area contributed by atoms with E-state index in [4.69, 9.17) is 4.74 Å². The standard InChI is InChI=1S/C23H26N2O6S/c1-16-6-7-19(14-22(16)32(29,30)25-12-4-3-5-13-25)23(28)31-15-21(27)18-8-10-20(11-9-18)24-17(2)26/h6-11,14H,3-5,12-13,15H2,1-2H3,(H,24,26). The molecule has 0 unspecified atom stereocenters. The molecule has 8 nitrogen and oxygen atoms in total. The summed E-state index contributed by atoms with van der Waals surface area (Å²) < 4.78 is 32.6. The van der Waals surface area contributed by atoms with Crippen LogP contribution in [-0.2, 0) is 19.6 Å². The van der Waals surface area contributed by atoms with E-state index in [2.05, 4.69) is 5.32 Å². The molecular weight excluding hydrogens is 432 g/mol. The summed E-state index contributed by atoms with van der Waals surface area (Å²) in [6.45, 7) is 3.50. The molecule has 2 aromatic carbocycles. The van der Waals surface area contributed by atoms with Crippen molar-refractivity contribution in [2.75, 3.05) is 25.0 Å². The molecule has 1 saturated heterocycles. The summed E-state index contributed by atoms with van der Waals surface area (Å²) in [7, 11) is -3.71. The molecular formula is C23H26N2O6S. The lowest BCUT2D eigenvalue weighted by Crippen LogP contribution is -2.36. The molecule has 1 amide bonds. The minimum Gasteiger partial charge on any atom is -0.454 e. The van der Waals surface area contributed by atoms with Crippen LogP contribution in [0, 0.1) is 6.92 Å². The number of sulfonamides is 1. The van der Waals surface area contributed by atoms with Crippen LogP contribution in [0.2, 0.25) is 0 Å². The van der Waals surface area contributed by atoms with Gasteiger partial charge in [0, 0.05) is 31.3 Å². The quantitative estimate of drug-likeness (QED) is 0.504. The topological polar surface area (TPSA) is 110 Å². The number of amides is 1. The van der Waals surface area contributed by atoms with Gasteiger partial charge in [0.15, 0.2) is 12.4 Å². The first-order chi connectivity index (χ1) is 15.2. The molecule has 0 aromatic heterocycles. The summed E-state index contributed by atoms with van der Waals surface area (Å²) in [6, 6.07) is 10.6. The lowest BCUT2D eigenvalue weighted by atomic mass is 10.1. The number of carbonyl (C=O) groups excluding carboxylic acids is 3. The van der Waals surface area contributed by atoms with Gasteiger partial charge in [-0.1, -0.05) is 12.5 Å². The Morgan fingerprint density at radius 3 is 2.22 bits per heavy atom. The van der Waals surface area contributed by atoms with Gasteiger partial charge in [0.05, 0.1) is 10.5 Å². The molecule has 0 saturated carbocycles. The molecule has 170 valence electrons. The van der Waals surface area contributed by atoms with Crippen molar-refractivity contribution in [1.29, 1.82) is 0 Å². The summed E-state index contributed by atoms with van der Waals surface area (Å²) in [5.41, 5.74) is 1.49. The minimum absolute atomic E-state index is 0.0694. The van der Waals surface area contributed by atoms with Crippen LogP contribution < -0.4 is 5.32 Å². The average Bonchev–Trinajstić information content (AvgIpc) is 2.78. The molecule has 9 heteroatoms. The summed E-state index contributed by atoms with van der Waals surface area (Å²) >= 11 is 0. The normalized spacial score (nSPS) is 14.6. The second kappa shape index (κ2) is 10.1. The maximum absolute atomic E-state index is 13.0. The highest BCUT2D eigenvalue weighted by atomic mass is 32.2. The lowest BCUT2D eigenvalue weighted by Gasteiger charge is -2.26. The summed E-state index contributed by atoms with van der Waals surface area (Å²) in [5.74, 6) is -1.41. The van der Waals surface area contributed by atoms with Gasteiger partial charge >= 0.3 is 5.97 Å². The van der Waals surface area contributed by atoms with E-state index in [1.54, 1.807) is 25.1 Å². The van der Waals surface area contributed by atoms with Gasteiger partial charge in [0.2, 0.25) is 15.9 Å². The molecule has 0 atom stereocenters. The largest absolute Gasteiger partial charge is 0.454 e. The van der Waals surface area contributed by atoms with Crippen molar-refractivity contribution in [3.05, 3.63) is 59.2 Å². The highest BCUT2D eigenvalue weighted by Crippen LogP contribution is 2.24. The number of ketones is 1. The van der Waals surface area contributed by atoms with Crippen molar-refractivity contribution < 1.29 is 27.5 Å². The molecule has 0 radical (unpaired) electrons. The van der Waals surface area contributed by atoms with Gasteiger partial charge in [-0.3, -0.25) is 9.59 Å². The molecule has 1 heterocycles. The Morgan fingerprint density at radius 2 is 1.59 bits per heavy atom. The van der Waals surface area contributed by atoms with Gasteiger partial charge in [-0.2, -0.15) is 4.31 Å². The molecule has 1 fully saturated rings. The Morgan fingerprint density at radius 1 is 0.969 bits per heavy atom. The van der Waals surface area contributed by atoms with Crippen LogP contribution in [0.4, 0.5) is 5.69 Å². The van der Waals surface area contributed by atoms with Crippen LogP contribution in [0.3, 0.4) is 0 Å². The second-order valence-electron chi connectivity index (χ2n) is 7.70. The fourth-order valence-corrected chi connectivity index (χ4v) is 5.26. The zero-order valence-electron chi connectivity index (χ0n) is 18.1. The maximum atomic E-state index is 13.0. The zero-order chi connectivity index (χ0) is 23.3. The van der Waals surface area contributed by atoms with E-state index in [0.717, 1.165) is 19.3 Å². The lowest BCUT2D eigenvalue weighted by molar-refractivity contribution is -0.114. The Labute approximate surface area is 187 Å². The Kier molecular flexibility index (Phi) is 7.42. The van der Waals surface area contributed by atoms with Crippen molar-refractivity contribution in [2.24, 2.45) is 0 Å². The molecule has 2 aromatic rings. The second-order valence-corrected chi connectivity index (χ2v) is 9.61. The molecule has 0 spiro atoms. The Bertz CT molecular complexity index is 1120. The number of nitrogens with one attached hydrogen (secondary N) is 1. The molecule has 32 heavy (non-hydrogen) atoms. The van der Waals surface area contributed by atoms with E-state index in [9.17, 15) is 22.8 Å². The van der Waals surface area contributed by atoms with Gasteiger partial charge in [0.1, 0.15) is 0 Å². The number of piperidine rings is 1. The summed E-state index contributed by atoms with van der Waals surface area (Å²) in [5, 5.41) is 2.60. The number of carbonyl (C=O) groups is 3. The predicted octanol–water partition coefficient (Wildman–Crippen LogP) is 3.17. The first-order valence-electron chi connectivity index (χ1n) is 10.4. The van der Waals surface area contributed by atoms with E-state index >= 15 is 0 Å². The van der Waals surface area contributed by atoms with Crippen LogP contribution >= 0.6 is 0 Å². The molecule has 1 N–H and O–H groups in total. The SMILES string of the molecule is CC(=O)Nc1ccc(C(=O)COC(=O)c2ccc(C)c(S(=O)(=O)N3CCCCC3)c2)cc1. The molecule has 3 rings (SSSR count). The monoisotopic (exact) mass is 458 g/mol. The first-order valence-corrected chi connectivity index (χ1v) is 11.8. The van der Waals surface area contributed by atoms with Crippen LogP contribution in [0.25, 0.3) is 0 Å². The fraction of sp³-hybridized carbons (Fsp3) is 0.348. The van der Waals surface area contributed by atoms with Crippen LogP contribution in [0.5, 0.6) is 0 Å². The third kappa shape index (κ3) is 5.60. The van der Waals surface area contributed by atoms with Gasteiger partial charge in [-0.15, -0.1) is 0 Å². The van der Waals surface area contributed by atoms with E-state index in [0.29, 0.717) is 29.9 Å². The minimum atomic E-state index is -3.71. The van der Waals surface area contributed by atoms with Crippen molar-refractivity contribution in [3.8, 4) is 0 Å². The number of hydrogen-bond acceptors (Lipinski definition) is 6. The van der Waals surface area contributed by atoms with Crippen molar-refractivity contribution in [2.45, 2.75) is 38.0 Å². The summed E-state index contributed by atoms with van der Waals surface area (Å²) in [4.78, 5) is 36.0. The number of rotatable bonds is 7. The van der Waals surface area contributed by atoms with E-state index < -0.39 is 28.4 Å². The zero-order valence-corrected chi connectivity index (χ0v) is 18.9. The number of benzene rings is 2. The Balaban J connectivity index is 1.68. The summed E-state index contributed by atoms with van der Waals surface area (Å²) in [6.07, 6.45) is 2.63. The third-order valence-electron chi connectivity index (χ3n) is 5.22. The van der Waals surface area contributed by atoms with Crippen molar-refractivity contribution in [3.63, 3.8) is 0 Å². The number of nitrogens with zero attached hydrogens (tertiary/aromatic N) is 1. The number of aryl methyl sites for hydroxylation is 1. The number of esters is 1. The number of anilines is 1. The van der Waals surface area contributed by atoms with Crippen LogP contribution in [0.15, 0.2) is 47.4 Å². The third-order valence-corrected chi connectivity index (χ3v) is 7.26. The number of hydrogen-bond donors (Lipinski definition) is 1. The van der Waals surface area contributed by atoms with Crippen molar-refractivity contribution in [1.82, 2.24) is 4.31 Å². The highest BCUT2D eigenvalue weighted by Gasteiger charge is 2.28. The van der Waals surface area contributed by atoms with Gasteiger partial charge in [0.25, 0.3) is 0 Å². The van der Waals surface area contributed by atoms with Gasteiger partial charge < -0.3 is 10.1 Å². The molecule has 1 aliphatic heterocycles. The van der Waals surface area contributed by atoms with Crippen LogP contribution in [0.1, 0.15) is 52.5 Å². The fourth-order valence-electron chi connectivity index (χ4n) is 3.49. The smallest absolute Gasteiger partial charge is 0.338 e. The molecule has 0 aliphatic carbocycles. The van der Waals surface area contributed by atoms with E-state index in [1.165, 1.54) is 35.5 Å². The van der Waals surface area contributed by atoms with Gasteiger partial charge in [-0.25, -0.2) is 13.2 Å². The highest BCUT2D eigenvalue weighted by molar-refractivity contribution is 7.89. The number of Topliss-reactive ketones (excluding diaryl/α,β-unsaturated/α-hetero) is 1. The molecule has 0 bridgehead atoms. The van der Waals surface area contributed by atoms with Gasteiger partial charge in [-0.05, 0) is 61.7 Å². The Hall–Kier alpha value is -3.04. The number of ether oxygens (including phenoxy) is 1. The maximum Gasteiger partial charge on any atom is 0.338 e. The van der Waals surface area contributed by atoms with Crippen LogP contribution in [-0.4, -0.2) is 50.1 Å². The molecule has 1 aliphatic rings. The average molecular weight is 459 g/mol. The van der Waals surface area contributed by atoms with E-state index in [-0.39, 0.29) is 16.4 Å².